The zero-order valence-electron chi connectivity index (χ0n) is 10.7. The largest absolute Gasteiger partial charge is 0.456 e. The molecule has 0 spiro atoms. The number of hydrogen-bond donors (Lipinski definition) is 1. The van der Waals surface area contributed by atoms with Crippen LogP contribution in [0.3, 0.4) is 0 Å². The fourth-order valence-corrected chi connectivity index (χ4v) is 3.01. The van der Waals surface area contributed by atoms with E-state index in [1.54, 1.807) is 17.8 Å². The molecule has 2 aromatic rings. The molecule has 0 saturated carbocycles. The Bertz CT molecular complexity index is 608. The van der Waals surface area contributed by atoms with Gasteiger partial charge in [0, 0.05) is 15.7 Å². The minimum atomic E-state index is 0.576. The van der Waals surface area contributed by atoms with Gasteiger partial charge in [-0.15, -0.1) is 11.8 Å². The molecule has 0 saturated heterocycles. The summed E-state index contributed by atoms with van der Waals surface area (Å²) in [6, 6.07) is 11.2. The van der Waals surface area contributed by atoms with Crippen LogP contribution >= 0.6 is 46.9 Å². The smallest absolute Gasteiger partial charge is 0.146 e. The second-order valence-corrected chi connectivity index (χ2v) is 6.35. The number of benzene rings is 2. The summed E-state index contributed by atoms with van der Waals surface area (Å²) in [4.78, 5) is 1.09. The number of hydrogen-bond acceptors (Lipinski definition) is 4. The summed E-state index contributed by atoms with van der Waals surface area (Å²) >= 11 is 15.2. The van der Waals surface area contributed by atoms with Crippen molar-refractivity contribution in [3.63, 3.8) is 0 Å². The molecule has 106 valence electrons. The van der Waals surface area contributed by atoms with Crippen molar-refractivity contribution >= 4 is 46.9 Å². The van der Waals surface area contributed by atoms with Crippen molar-refractivity contribution in [3.8, 4) is 11.5 Å². The predicted molar refractivity (Wildman–Crippen MR) is 90.2 cm³/mol. The molecule has 0 aliphatic heterocycles. The molecular formula is C14H13Cl2NOS2. The summed E-state index contributed by atoms with van der Waals surface area (Å²) in [6.07, 6.45) is 2.00. The molecule has 0 aliphatic rings. The van der Waals surface area contributed by atoms with Crippen LogP contribution in [0.25, 0.3) is 0 Å². The zero-order chi connectivity index (χ0) is 14.5. The quantitative estimate of drug-likeness (QED) is 0.563. The summed E-state index contributed by atoms with van der Waals surface area (Å²) in [5.74, 6) is 1.94. The first-order valence-electron chi connectivity index (χ1n) is 5.75. The lowest BCUT2D eigenvalue weighted by molar-refractivity contribution is 0.482. The molecule has 2 aromatic carbocycles. The van der Waals surface area contributed by atoms with Crippen LogP contribution in [0.2, 0.25) is 10.0 Å². The minimum absolute atomic E-state index is 0.576. The molecular weight excluding hydrogens is 333 g/mol. The fraction of sp³-hybridized carbons (Fsp3) is 0.143. The Balaban J connectivity index is 2.25. The van der Waals surface area contributed by atoms with Crippen molar-refractivity contribution in [2.24, 2.45) is 5.14 Å². The van der Waals surface area contributed by atoms with Gasteiger partial charge in [0.05, 0.1) is 5.02 Å². The highest BCUT2D eigenvalue weighted by Crippen LogP contribution is 2.34. The van der Waals surface area contributed by atoms with Crippen LogP contribution in [-0.4, -0.2) is 6.26 Å². The van der Waals surface area contributed by atoms with Crippen LogP contribution in [0.5, 0.6) is 11.5 Å². The summed E-state index contributed by atoms with van der Waals surface area (Å²) in [6.45, 7) is 0. The molecule has 6 heteroatoms. The molecule has 2 nitrogen and oxygen atoms in total. The van der Waals surface area contributed by atoms with Crippen molar-refractivity contribution in [1.82, 2.24) is 0 Å². The van der Waals surface area contributed by atoms with Crippen LogP contribution < -0.4 is 9.88 Å². The number of halogens is 2. The molecule has 0 fully saturated rings. The molecule has 20 heavy (non-hydrogen) atoms. The van der Waals surface area contributed by atoms with Gasteiger partial charge < -0.3 is 4.74 Å². The SMILES string of the molecule is CSc1ccc(Oc2cc(Cl)cc(CSN)c2)c(Cl)c1. The Hall–Kier alpha value is -0.520. The number of thioether (sulfide) groups is 1. The third-order valence-corrected chi connectivity index (χ3v) is 4.29. The van der Waals surface area contributed by atoms with Crippen molar-refractivity contribution < 1.29 is 4.74 Å². The Labute approximate surface area is 137 Å². The van der Waals surface area contributed by atoms with Crippen molar-refractivity contribution in [1.29, 1.82) is 0 Å². The number of ether oxygens (including phenoxy) is 1. The molecule has 2 rings (SSSR count). The fourth-order valence-electron chi connectivity index (χ4n) is 1.68. The first-order chi connectivity index (χ1) is 9.62. The summed E-state index contributed by atoms with van der Waals surface area (Å²) < 4.78 is 5.80. The van der Waals surface area contributed by atoms with Gasteiger partial charge in [-0.1, -0.05) is 35.1 Å². The van der Waals surface area contributed by atoms with Gasteiger partial charge in [-0.3, -0.25) is 5.14 Å². The maximum Gasteiger partial charge on any atom is 0.146 e. The van der Waals surface area contributed by atoms with Gasteiger partial charge in [0.25, 0.3) is 0 Å². The van der Waals surface area contributed by atoms with Gasteiger partial charge in [0.2, 0.25) is 0 Å². The molecule has 0 bridgehead atoms. The second-order valence-electron chi connectivity index (χ2n) is 4.00. The normalized spacial score (nSPS) is 10.6. The van der Waals surface area contributed by atoms with Crippen LogP contribution in [0.15, 0.2) is 41.3 Å². The van der Waals surface area contributed by atoms with E-state index in [1.807, 2.05) is 36.6 Å². The van der Waals surface area contributed by atoms with E-state index in [-0.39, 0.29) is 0 Å². The highest BCUT2D eigenvalue weighted by Gasteiger charge is 2.06. The van der Waals surface area contributed by atoms with Gasteiger partial charge in [0.15, 0.2) is 0 Å². The first-order valence-corrected chi connectivity index (χ1v) is 8.78. The van der Waals surface area contributed by atoms with E-state index in [4.69, 9.17) is 33.1 Å². The Morgan fingerprint density at radius 1 is 1.15 bits per heavy atom. The van der Waals surface area contributed by atoms with Crippen LogP contribution in [0.4, 0.5) is 0 Å². The Morgan fingerprint density at radius 2 is 1.95 bits per heavy atom. The standard InChI is InChI=1S/C14H13Cl2NOS2/c1-19-12-2-3-14(13(16)7-12)18-11-5-9(8-20-17)4-10(15)6-11/h2-7H,8,17H2,1H3. The third-order valence-electron chi connectivity index (χ3n) is 2.55. The lowest BCUT2D eigenvalue weighted by atomic mass is 10.2. The van der Waals surface area contributed by atoms with Crippen LogP contribution in [0.1, 0.15) is 5.56 Å². The first kappa shape index (κ1) is 15.9. The molecule has 0 heterocycles. The maximum absolute atomic E-state index is 6.20. The number of nitrogens with two attached hydrogens (primary N) is 1. The molecule has 0 aliphatic carbocycles. The van der Waals surface area contributed by atoms with Crippen molar-refractivity contribution in [2.45, 2.75) is 10.6 Å². The highest BCUT2D eigenvalue weighted by molar-refractivity contribution is 7.98. The van der Waals surface area contributed by atoms with E-state index in [0.29, 0.717) is 27.3 Å². The summed E-state index contributed by atoms with van der Waals surface area (Å²) in [5.41, 5.74) is 1.01. The zero-order valence-corrected chi connectivity index (χ0v) is 13.9. The van der Waals surface area contributed by atoms with Crippen LogP contribution in [0, 0.1) is 0 Å². The minimum Gasteiger partial charge on any atom is -0.456 e. The molecule has 0 radical (unpaired) electrons. The summed E-state index contributed by atoms with van der Waals surface area (Å²) in [7, 11) is 0. The van der Waals surface area contributed by atoms with Crippen LogP contribution in [-0.2, 0) is 5.75 Å². The van der Waals surface area contributed by atoms with E-state index in [2.05, 4.69) is 0 Å². The second kappa shape index (κ2) is 7.48. The molecule has 0 amide bonds. The molecule has 0 unspecified atom stereocenters. The average molecular weight is 346 g/mol. The van der Waals surface area contributed by atoms with E-state index in [9.17, 15) is 0 Å². The lowest BCUT2D eigenvalue weighted by Crippen LogP contribution is -1.90. The van der Waals surface area contributed by atoms with E-state index in [1.165, 1.54) is 11.9 Å². The van der Waals surface area contributed by atoms with Gasteiger partial charge in [-0.2, -0.15) is 0 Å². The Kier molecular flexibility index (Phi) is 5.93. The maximum atomic E-state index is 6.20. The van der Waals surface area contributed by atoms with Gasteiger partial charge in [-0.05, 0) is 48.2 Å². The van der Waals surface area contributed by atoms with E-state index < -0.39 is 0 Å². The van der Waals surface area contributed by atoms with E-state index >= 15 is 0 Å². The monoisotopic (exact) mass is 345 g/mol. The molecule has 0 aromatic heterocycles. The van der Waals surface area contributed by atoms with Gasteiger partial charge >= 0.3 is 0 Å². The topological polar surface area (TPSA) is 35.2 Å². The summed E-state index contributed by atoms with van der Waals surface area (Å²) in [5, 5.41) is 6.67. The predicted octanol–water partition coefficient (Wildman–Crippen LogP) is 5.61. The number of rotatable bonds is 5. The molecule has 2 N–H and O–H groups in total. The highest BCUT2D eigenvalue weighted by atomic mass is 35.5. The third kappa shape index (κ3) is 4.24. The average Bonchev–Trinajstić information content (AvgIpc) is 2.41. The lowest BCUT2D eigenvalue weighted by Gasteiger charge is -2.10. The van der Waals surface area contributed by atoms with Gasteiger partial charge in [0.1, 0.15) is 11.5 Å². The van der Waals surface area contributed by atoms with Gasteiger partial charge in [-0.25, -0.2) is 0 Å². The molecule has 0 atom stereocenters. The van der Waals surface area contributed by atoms with E-state index in [0.717, 1.165) is 10.5 Å². The Morgan fingerprint density at radius 3 is 2.60 bits per heavy atom. The van der Waals surface area contributed by atoms with Crippen molar-refractivity contribution in [3.05, 3.63) is 52.0 Å². The van der Waals surface area contributed by atoms with Crippen molar-refractivity contribution in [2.75, 3.05) is 6.26 Å².